The van der Waals surface area contributed by atoms with E-state index in [1.165, 1.54) is 11.8 Å². The summed E-state index contributed by atoms with van der Waals surface area (Å²) in [7, 11) is 0. The highest BCUT2D eigenvalue weighted by molar-refractivity contribution is 7.99. The molecule has 0 bridgehead atoms. The van der Waals surface area contributed by atoms with E-state index in [9.17, 15) is 4.79 Å². The molecule has 1 aromatic heterocycles. The molecule has 0 unspecified atom stereocenters. The summed E-state index contributed by atoms with van der Waals surface area (Å²) in [5, 5.41) is 15.0. The van der Waals surface area contributed by atoms with Crippen molar-refractivity contribution in [2.75, 3.05) is 0 Å². The zero-order chi connectivity index (χ0) is 16.7. The topological polar surface area (TPSA) is 72.7 Å². The number of benzene rings is 1. The highest BCUT2D eigenvalue weighted by atomic mass is 35.5. The minimum absolute atomic E-state index is 0.0237. The largest absolute Gasteiger partial charge is 0.351 e. The maximum absolute atomic E-state index is 12.2. The van der Waals surface area contributed by atoms with Gasteiger partial charge in [-0.1, -0.05) is 36.7 Å². The highest BCUT2D eigenvalue weighted by Crippen LogP contribution is 2.17. The molecule has 124 valence electrons. The van der Waals surface area contributed by atoms with Crippen LogP contribution >= 0.6 is 23.4 Å². The molecule has 0 aliphatic heterocycles. The fourth-order valence-electron chi connectivity index (χ4n) is 1.96. The first kappa shape index (κ1) is 17.7. The summed E-state index contributed by atoms with van der Waals surface area (Å²) >= 11 is 7.59. The molecule has 0 radical (unpaired) electrons. The van der Waals surface area contributed by atoms with E-state index in [1.54, 1.807) is 4.68 Å². The highest BCUT2D eigenvalue weighted by Gasteiger charge is 2.15. The van der Waals surface area contributed by atoms with E-state index >= 15 is 0 Å². The molecule has 2 rings (SSSR count). The predicted molar refractivity (Wildman–Crippen MR) is 92.2 cm³/mol. The summed E-state index contributed by atoms with van der Waals surface area (Å²) in [5.74, 6) is 1.38. The Kier molecular flexibility index (Phi) is 6.85. The van der Waals surface area contributed by atoms with E-state index in [2.05, 4.69) is 27.8 Å². The molecule has 23 heavy (non-hydrogen) atoms. The van der Waals surface area contributed by atoms with E-state index in [4.69, 9.17) is 11.6 Å². The van der Waals surface area contributed by atoms with Crippen molar-refractivity contribution in [2.45, 2.75) is 44.4 Å². The Morgan fingerprint density at radius 3 is 2.96 bits per heavy atom. The molecule has 1 N–H and O–H groups in total. The number of carbonyl (C=O) groups excluding carboxylic acids is 1. The number of thioether (sulfide) groups is 1. The smallest absolute Gasteiger partial charge is 0.233 e. The number of carbonyl (C=O) groups is 1. The van der Waals surface area contributed by atoms with Gasteiger partial charge in [0, 0.05) is 18.1 Å². The average Bonchev–Trinajstić information content (AvgIpc) is 2.99. The molecule has 1 aromatic carbocycles. The van der Waals surface area contributed by atoms with Crippen LogP contribution in [-0.2, 0) is 23.6 Å². The van der Waals surface area contributed by atoms with Crippen molar-refractivity contribution in [3.63, 3.8) is 0 Å². The molecular weight excluding hydrogens is 334 g/mol. The van der Waals surface area contributed by atoms with Crippen LogP contribution in [0, 0.1) is 0 Å². The Hall–Kier alpha value is -1.60. The fourth-order valence-corrected chi connectivity index (χ4v) is 3.00. The third-order valence-corrected chi connectivity index (χ3v) is 4.79. The lowest BCUT2D eigenvalue weighted by Crippen LogP contribution is -2.30. The van der Waals surface area contributed by atoms with Crippen LogP contribution < -0.4 is 5.32 Å². The fraction of sp³-hybridized carbons (Fsp3) is 0.467. The first-order valence-electron chi connectivity index (χ1n) is 7.49. The van der Waals surface area contributed by atoms with Crippen molar-refractivity contribution in [2.24, 2.45) is 0 Å². The Balaban J connectivity index is 1.81. The van der Waals surface area contributed by atoms with Crippen LogP contribution in [0.4, 0.5) is 0 Å². The van der Waals surface area contributed by atoms with E-state index in [-0.39, 0.29) is 11.2 Å². The molecule has 8 heteroatoms. The van der Waals surface area contributed by atoms with Gasteiger partial charge in [-0.2, -0.15) is 0 Å². The molecule has 0 aliphatic rings. The maximum atomic E-state index is 12.2. The number of tetrazole rings is 1. The van der Waals surface area contributed by atoms with Gasteiger partial charge in [0.05, 0.1) is 11.0 Å². The second kappa shape index (κ2) is 8.88. The van der Waals surface area contributed by atoms with Crippen molar-refractivity contribution in [1.29, 1.82) is 0 Å². The molecule has 2 aromatic rings. The number of aromatic nitrogens is 4. The number of hydrogen-bond acceptors (Lipinski definition) is 5. The molecule has 0 fully saturated rings. The van der Waals surface area contributed by atoms with Crippen molar-refractivity contribution in [3.8, 4) is 0 Å². The van der Waals surface area contributed by atoms with Gasteiger partial charge >= 0.3 is 0 Å². The van der Waals surface area contributed by atoms with Gasteiger partial charge in [0.15, 0.2) is 5.82 Å². The quantitative estimate of drug-likeness (QED) is 0.789. The number of halogens is 1. The monoisotopic (exact) mass is 353 g/mol. The van der Waals surface area contributed by atoms with E-state index in [0.717, 1.165) is 24.4 Å². The third kappa shape index (κ3) is 5.21. The second-order valence-electron chi connectivity index (χ2n) is 5.08. The van der Waals surface area contributed by atoms with E-state index in [0.29, 0.717) is 17.3 Å². The summed E-state index contributed by atoms with van der Waals surface area (Å²) < 4.78 is 1.78. The minimum Gasteiger partial charge on any atom is -0.351 e. The summed E-state index contributed by atoms with van der Waals surface area (Å²) in [6.45, 7) is 5.16. The number of nitrogens with one attached hydrogen (secondary N) is 1. The molecule has 0 aliphatic carbocycles. The van der Waals surface area contributed by atoms with Crippen molar-refractivity contribution in [1.82, 2.24) is 25.5 Å². The predicted octanol–water partition coefficient (Wildman–Crippen LogP) is 2.67. The number of hydrogen-bond donors (Lipinski definition) is 1. The lowest BCUT2D eigenvalue weighted by Gasteiger charge is -2.12. The maximum Gasteiger partial charge on any atom is 0.233 e. The second-order valence-corrected chi connectivity index (χ2v) is 6.82. The molecule has 1 atom stereocenters. The first-order chi connectivity index (χ1) is 11.1. The van der Waals surface area contributed by atoms with Crippen LogP contribution in [-0.4, -0.2) is 31.4 Å². The van der Waals surface area contributed by atoms with E-state index in [1.807, 2.05) is 31.2 Å². The van der Waals surface area contributed by atoms with Gasteiger partial charge < -0.3 is 5.32 Å². The number of amides is 1. The van der Waals surface area contributed by atoms with Gasteiger partial charge in [-0.05, 0) is 35.4 Å². The number of rotatable bonds is 8. The Labute approximate surface area is 145 Å². The molecule has 6 nitrogen and oxygen atoms in total. The lowest BCUT2D eigenvalue weighted by atomic mass is 10.2. The normalized spacial score (nSPS) is 12.1. The van der Waals surface area contributed by atoms with Crippen LogP contribution in [0.2, 0.25) is 5.02 Å². The van der Waals surface area contributed by atoms with Crippen molar-refractivity contribution in [3.05, 3.63) is 40.7 Å². The van der Waals surface area contributed by atoms with Crippen LogP contribution in [0.1, 0.15) is 31.7 Å². The van der Waals surface area contributed by atoms with Gasteiger partial charge in [-0.15, -0.1) is 16.9 Å². The summed E-state index contributed by atoms with van der Waals surface area (Å²) in [5.41, 5.74) is 0.909. The zero-order valence-electron chi connectivity index (χ0n) is 13.2. The van der Waals surface area contributed by atoms with Gasteiger partial charge in [0.25, 0.3) is 0 Å². The molecule has 0 saturated heterocycles. The van der Waals surface area contributed by atoms with E-state index < -0.39 is 0 Å². The Bertz CT molecular complexity index is 648. The SMILES string of the molecule is CCCn1nnnc1CS[C@H](C)C(=O)NCc1ccccc1Cl. The summed E-state index contributed by atoms with van der Waals surface area (Å²) in [6.07, 6.45) is 0.969. The van der Waals surface area contributed by atoms with Gasteiger partial charge in [-0.25, -0.2) is 4.68 Å². The number of nitrogens with zero attached hydrogens (tertiary/aromatic N) is 4. The number of aryl methyl sites for hydroxylation is 1. The Morgan fingerprint density at radius 2 is 2.22 bits per heavy atom. The van der Waals surface area contributed by atoms with Crippen LogP contribution in [0.5, 0.6) is 0 Å². The third-order valence-electron chi connectivity index (χ3n) is 3.28. The summed E-state index contributed by atoms with van der Waals surface area (Å²) in [4.78, 5) is 12.2. The zero-order valence-corrected chi connectivity index (χ0v) is 14.8. The molecule has 0 spiro atoms. The van der Waals surface area contributed by atoms with Gasteiger partial charge in [0.1, 0.15) is 0 Å². The van der Waals surface area contributed by atoms with Crippen molar-refractivity contribution >= 4 is 29.3 Å². The Morgan fingerprint density at radius 1 is 1.43 bits per heavy atom. The molecular formula is C15H20ClN5OS. The standard InChI is InChI=1S/C15H20ClN5OS/c1-3-8-21-14(18-19-20-21)10-23-11(2)15(22)17-9-12-6-4-5-7-13(12)16/h4-7,11H,3,8-10H2,1-2H3,(H,17,22)/t11-/m1/s1. The van der Waals surface area contributed by atoms with Gasteiger partial charge in [-0.3, -0.25) is 4.79 Å². The minimum atomic E-state index is -0.190. The van der Waals surface area contributed by atoms with Crippen LogP contribution in [0.15, 0.2) is 24.3 Å². The molecule has 1 heterocycles. The lowest BCUT2D eigenvalue weighted by molar-refractivity contribution is -0.120. The van der Waals surface area contributed by atoms with Gasteiger partial charge in [0.2, 0.25) is 5.91 Å². The first-order valence-corrected chi connectivity index (χ1v) is 8.92. The molecule has 1 amide bonds. The summed E-state index contributed by atoms with van der Waals surface area (Å²) in [6, 6.07) is 7.49. The molecule has 0 saturated carbocycles. The van der Waals surface area contributed by atoms with Crippen molar-refractivity contribution < 1.29 is 4.79 Å². The van der Waals surface area contributed by atoms with Crippen LogP contribution in [0.25, 0.3) is 0 Å². The van der Waals surface area contributed by atoms with Crippen LogP contribution in [0.3, 0.4) is 0 Å². The average molecular weight is 354 g/mol.